The van der Waals surface area contributed by atoms with Gasteiger partial charge in [-0.2, -0.15) is 4.98 Å². The fraction of sp³-hybridized carbons (Fsp3) is 0.500. The van der Waals surface area contributed by atoms with Gasteiger partial charge in [0.1, 0.15) is 5.82 Å². The second kappa shape index (κ2) is 5.52. The van der Waals surface area contributed by atoms with Crippen molar-refractivity contribution in [2.45, 2.75) is 12.8 Å². The summed E-state index contributed by atoms with van der Waals surface area (Å²) in [5.74, 6) is 1.34. The minimum absolute atomic E-state index is 0.132. The molecule has 92 valence electrons. The van der Waals surface area contributed by atoms with Gasteiger partial charge in [-0.3, -0.25) is 4.79 Å². The summed E-state index contributed by atoms with van der Waals surface area (Å²) < 4.78 is 5.01. The average molecular weight is 235 g/mol. The molecule has 2 heterocycles. The van der Waals surface area contributed by atoms with E-state index in [0.717, 1.165) is 25.9 Å². The van der Waals surface area contributed by atoms with E-state index < -0.39 is 0 Å². The van der Waals surface area contributed by atoms with E-state index in [-0.39, 0.29) is 5.91 Å². The third kappa shape index (κ3) is 3.09. The number of carbonyl (C=O) groups is 1. The minimum atomic E-state index is 0.132. The molecule has 1 N–H and O–H groups in total. The van der Waals surface area contributed by atoms with E-state index in [2.05, 4.69) is 10.3 Å². The summed E-state index contributed by atoms with van der Waals surface area (Å²) in [6.45, 7) is 2.05. The van der Waals surface area contributed by atoms with E-state index in [1.165, 1.54) is 0 Å². The largest absolute Gasteiger partial charge is 0.481 e. The summed E-state index contributed by atoms with van der Waals surface area (Å²) in [5.41, 5.74) is 0. The highest BCUT2D eigenvalue weighted by molar-refractivity contribution is 5.80. The monoisotopic (exact) mass is 235 g/mol. The summed E-state index contributed by atoms with van der Waals surface area (Å²) in [7, 11) is 1.57. The van der Waals surface area contributed by atoms with Crippen molar-refractivity contribution in [2.24, 2.45) is 0 Å². The van der Waals surface area contributed by atoms with Crippen molar-refractivity contribution in [3.63, 3.8) is 0 Å². The van der Waals surface area contributed by atoms with Crippen LogP contribution in [0.1, 0.15) is 12.8 Å². The molecule has 1 aliphatic heterocycles. The number of methoxy groups -OCH3 is 1. The standard InChI is InChI=1S/C12H17N3O2/c1-17-11-6-4-5-10(14-11)13-9-12(16)15-7-2-3-8-15/h4-6H,2-3,7-9H2,1H3,(H,13,14). The third-order valence-corrected chi connectivity index (χ3v) is 2.81. The fourth-order valence-corrected chi connectivity index (χ4v) is 1.87. The first kappa shape index (κ1) is 11.7. The number of hydrogen-bond acceptors (Lipinski definition) is 4. The van der Waals surface area contributed by atoms with Crippen molar-refractivity contribution >= 4 is 11.7 Å². The van der Waals surface area contributed by atoms with E-state index in [4.69, 9.17) is 4.74 Å². The number of nitrogens with zero attached hydrogens (tertiary/aromatic N) is 2. The zero-order chi connectivity index (χ0) is 12.1. The molecule has 0 saturated carbocycles. The number of aromatic nitrogens is 1. The predicted octanol–water partition coefficient (Wildman–Crippen LogP) is 1.12. The lowest BCUT2D eigenvalue weighted by Gasteiger charge is -2.15. The van der Waals surface area contributed by atoms with Gasteiger partial charge < -0.3 is 15.0 Å². The third-order valence-electron chi connectivity index (χ3n) is 2.81. The van der Waals surface area contributed by atoms with E-state index in [1.54, 1.807) is 13.2 Å². The molecule has 0 aromatic carbocycles. The normalized spacial score (nSPS) is 14.8. The molecule has 1 aliphatic rings. The molecule has 2 rings (SSSR count). The number of hydrogen-bond donors (Lipinski definition) is 1. The van der Waals surface area contributed by atoms with Crippen LogP contribution in [-0.2, 0) is 4.79 Å². The summed E-state index contributed by atoms with van der Waals surface area (Å²) in [4.78, 5) is 17.8. The second-order valence-corrected chi connectivity index (χ2v) is 4.01. The maximum absolute atomic E-state index is 11.8. The summed E-state index contributed by atoms with van der Waals surface area (Å²) >= 11 is 0. The van der Waals surface area contributed by atoms with Gasteiger partial charge in [-0.1, -0.05) is 6.07 Å². The number of likely N-dealkylation sites (tertiary alicyclic amines) is 1. The highest BCUT2D eigenvalue weighted by Gasteiger charge is 2.17. The van der Waals surface area contributed by atoms with Gasteiger partial charge in [-0.15, -0.1) is 0 Å². The van der Waals surface area contributed by atoms with Crippen molar-refractivity contribution in [3.8, 4) is 5.88 Å². The Kier molecular flexibility index (Phi) is 3.80. The van der Waals surface area contributed by atoms with Crippen molar-refractivity contribution in [2.75, 3.05) is 32.1 Å². The SMILES string of the molecule is COc1cccc(NCC(=O)N2CCCC2)n1. The molecule has 1 aromatic heterocycles. The molecule has 5 heteroatoms. The lowest BCUT2D eigenvalue weighted by atomic mass is 10.4. The van der Waals surface area contributed by atoms with E-state index in [0.29, 0.717) is 18.2 Å². The van der Waals surface area contributed by atoms with Crippen LogP contribution in [0.2, 0.25) is 0 Å². The zero-order valence-corrected chi connectivity index (χ0v) is 9.98. The maximum Gasteiger partial charge on any atom is 0.241 e. The molecule has 1 saturated heterocycles. The van der Waals surface area contributed by atoms with Gasteiger partial charge in [0.25, 0.3) is 0 Å². The molecule has 5 nitrogen and oxygen atoms in total. The molecule has 0 radical (unpaired) electrons. The number of pyridine rings is 1. The second-order valence-electron chi connectivity index (χ2n) is 4.01. The van der Waals surface area contributed by atoms with Crippen LogP contribution >= 0.6 is 0 Å². The Bertz CT molecular complexity index is 389. The molecule has 17 heavy (non-hydrogen) atoms. The summed E-state index contributed by atoms with van der Waals surface area (Å²) in [6.07, 6.45) is 2.23. The number of carbonyl (C=O) groups excluding carboxylic acids is 1. The molecular formula is C12H17N3O2. The van der Waals surface area contributed by atoms with Gasteiger partial charge in [0.15, 0.2) is 0 Å². The van der Waals surface area contributed by atoms with Crippen LogP contribution in [0, 0.1) is 0 Å². The first-order valence-electron chi connectivity index (χ1n) is 5.82. The number of ether oxygens (including phenoxy) is 1. The molecule has 0 aliphatic carbocycles. The first-order chi connectivity index (χ1) is 8.29. The highest BCUT2D eigenvalue weighted by Crippen LogP contribution is 2.11. The van der Waals surface area contributed by atoms with Crippen LogP contribution in [0.3, 0.4) is 0 Å². The molecule has 1 amide bonds. The Balaban J connectivity index is 1.86. The van der Waals surface area contributed by atoms with E-state index in [1.807, 2.05) is 17.0 Å². The van der Waals surface area contributed by atoms with Crippen LogP contribution in [0.5, 0.6) is 5.88 Å². The van der Waals surface area contributed by atoms with Crippen LogP contribution in [0.25, 0.3) is 0 Å². The Morgan fingerprint density at radius 1 is 1.47 bits per heavy atom. The molecular weight excluding hydrogens is 218 g/mol. The van der Waals surface area contributed by atoms with Crippen molar-refractivity contribution in [1.29, 1.82) is 0 Å². The lowest BCUT2D eigenvalue weighted by Crippen LogP contribution is -2.33. The van der Waals surface area contributed by atoms with Crippen LogP contribution in [-0.4, -0.2) is 42.5 Å². The summed E-state index contributed by atoms with van der Waals surface area (Å²) in [6, 6.07) is 5.43. The topological polar surface area (TPSA) is 54.5 Å². The van der Waals surface area contributed by atoms with Gasteiger partial charge in [0.05, 0.1) is 13.7 Å². The quantitative estimate of drug-likeness (QED) is 0.849. The predicted molar refractivity (Wildman–Crippen MR) is 65.1 cm³/mol. The average Bonchev–Trinajstić information content (AvgIpc) is 2.90. The van der Waals surface area contributed by atoms with Gasteiger partial charge in [-0.05, 0) is 18.9 Å². The fourth-order valence-electron chi connectivity index (χ4n) is 1.87. The van der Waals surface area contributed by atoms with Crippen LogP contribution in [0.15, 0.2) is 18.2 Å². The number of amides is 1. The van der Waals surface area contributed by atoms with Gasteiger partial charge in [0.2, 0.25) is 11.8 Å². The molecule has 0 bridgehead atoms. The lowest BCUT2D eigenvalue weighted by molar-refractivity contribution is -0.128. The van der Waals surface area contributed by atoms with Crippen molar-refractivity contribution in [1.82, 2.24) is 9.88 Å². The highest BCUT2D eigenvalue weighted by atomic mass is 16.5. The van der Waals surface area contributed by atoms with E-state index in [9.17, 15) is 4.79 Å². The molecule has 0 atom stereocenters. The van der Waals surface area contributed by atoms with Gasteiger partial charge >= 0.3 is 0 Å². The number of nitrogens with one attached hydrogen (secondary N) is 1. The molecule has 1 fully saturated rings. The first-order valence-corrected chi connectivity index (χ1v) is 5.82. The number of anilines is 1. The Morgan fingerprint density at radius 3 is 2.94 bits per heavy atom. The van der Waals surface area contributed by atoms with Gasteiger partial charge in [-0.25, -0.2) is 0 Å². The smallest absolute Gasteiger partial charge is 0.241 e. The minimum Gasteiger partial charge on any atom is -0.481 e. The van der Waals surface area contributed by atoms with Gasteiger partial charge in [0, 0.05) is 19.2 Å². The number of rotatable bonds is 4. The molecule has 0 unspecified atom stereocenters. The van der Waals surface area contributed by atoms with Crippen LogP contribution < -0.4 is 10.1 Å². The maximum atomic E-state index is 11.8. The summed E-state index contributed by atoms with van der Waals surface area (Å²) in [5, 5.41) is 3.01. The van der Waals surface area contributed by atoms with Crippen LogP contribution in [0.4, 0.5) is 5.82 Å². The zero-order valence-electron chi connectivity index (χ0n) is 9.98. The Labute approximate surface area is 101 Å². The van der Waals surface area contributed by atoms with Crippen molar-refractivity contribution in [3.05, 3.63) is 18.2 Å². The Morgan fingerprint density at radius 2 is 2.24 bits per heavy atom. The Hall–Kier alpha value is -1.78. The molecule has 0 spiro atoms. The van der Waals surface area contributed by atoms with Crippen molar-refractivity contribution < 1.29 is 9.53 Å². The molecule has 1 aromatic rings. The van der Waals surface area contributed by atoms with E-state index >= 15 is 0 Å².